The van der Waals surface area contributed by atoms with Gasteiger partial charge in [0.2, 0.25) is 5.91 Å². The Hall–Kier alpha value is -2.93. The number of aliphatic hydroxyl groups is 1. The van der Waals surface area contributed by atoms with Crippen LogP contribution in [0.15, 0.2) is 36.7 Å². The fraction of sp³-hybridized carbons (Fsp3) is 0.458. The number of nitrogens with one attached hydrogen (secondary N) is 1. The summed E-state index contributed by atoms with van der Waals surface area (Å²) in [6.07, 6.45) is 9.16. The monoisotopic (exact) mass is 420 g/mol. The Morgan fingerprint density at radius 3 is 2.77 bits per heavy atom. The second-order valence-electron chi connectivity index (χ2n) is 8.89. The van der Waals surface area contributed by atoms with Crippen LogP contribution in [-0.2, 0) is 4.79 Å². The van der Waals surface area contributed by atoms with Gasteiger partial charge in [0, 0.05) is 29.4 Å². The molecule has 7 heteroatoms. The van der Waals surface area contributed by atoms with Crippen molar-refractivity contribution in [1.82, 2.24) is 14.6 Å². The number of hydrogen-bond acceptors (Lipinski definition) is 5. The minimum atomic E-state index is -0.158. The first kappa shape index (κ1) is 20.0. The summed E-state index contributed by atoms with van der Waals surface area (Å²) in [4.78, 5) is 16.5. The third kappa shape index (κ3) is 4.56. The average molecular weight is 421 g/mol. The van der Waals surface area contributed by atoms with Crippen molar-refractivity contribution in [3.63, 3.8) is 0 Å². The summed E-state index contributed by atoms with van der Waals surface area (Å²) < 4.78 is 7.97. The Kier molecular flexibility index (Phi) is 5.36. The van der Waals surface area contributed by atoms with Crippen LogP contribution in [0.2, 0.25) is 0 Å². The van der Waals surface area contributed by atoms with E-state index in [4.69, 9.17) is 4.74 Å². The highest BCUT2D eigenvalue weighted by Crippen LogP contribution is 2.33. The smallest absolute Gasteiger partial charge is 0.228 e. The Bertz CT molecular complexity index is 1100. The van der Waals surface area contributed by atoms with Crippen molar-refractivity contribution in [1.29, 1.82) is 0 Å². The zero-order chi connectivity index (χ0) is 21.4. The van der Waals surface area contributed by atoms with Crippen LogP contribution in [-0.4, -0.2) is 38.3 Å². The lowest BCUT2D eigenvalue weighted by atomic mass is 9.88. The van der Waals surface area contributed by atoms with E-state index in [1.54, 1.807) is 10.7 Å². The van der Waals surface area contributed by atoms with E-state index in [1.165, 1.54) is 0 Å². The molecule has 0 radical (unpaired) electrons. The number of aromatic nitrogens is 3. The van der Waals surface area contributed by atoms with Crippen LogP contribution in [0.5, 0.6) is 5.75 Å². The van der Waals surface area contributed by atoms with Gasteiger partial charge in [-0.3, -0.25) is 9.78 Å². The zero-order valence-corrected chi connectivity index (χ0v) is 17.8. The fourth-order valence-electron chi connectivity index (χ4n) is 4.20. The number of aryl methyl sites for hydroxylation is 1. The number of ether oxygens (including phenoxy) is 1. The number of amides is 1. The van der Waals surface area contributed by atoms with Crippen molar-refractivity contribution in [2.75, 3.05) is 11.9 Å². The van der Waals surface area contributed by atoms with Gasteiger partial charge < -0.3 is 15.2 Å². The first-order chi connectivity index (χ1) is 15.0. The lowest BCUT2D eigenvalue weighted by molar-refractivity contribution is -0.117. The first-order valence-corrected chi connectivity index (χ1v) is 11.1. The van der Waals surface area contributed by atoms with E-state index in [1.807, 2.05) is 31.3 Å². The predicted octanol–water partition coefficient (Wildman–Crippen LogP) is 3.98. The molecular formula is C24H28N4O3. The number of carbonyl (C=O) groups is 1. The number of nitrogens with zero attached hydrogens (tertiary/aromatic N) is 3. The highest BCUT2D eigenvalue weighted by atomic mass is 16.5. The Morgan fingerprint density at radius 1 is 1.19 bits per heavy atom. The van der Waals surface area contributed by atoms with Crippen LogP contribution >= 0.6 is 0 Å². The molecule has 2 saturated carbocycles. The maximum Gasteiger partial charge on any atom is 0.228 e. The molecule has 2 aliphatic carbocycles. The van der Waals surface area contributed by atoms with Gasteiger partial charge in [-0.2, -0.15) is 5.10 Å². The number of carbonyl (C=O) groups excluding carboxylic acids is 1. The molecule has 31 heavy (non-hydrogen) atoms. The molecule has 0 aromatic carbocycles. The van der Waals surface area contributed by atoms with E-state index in [-0.39, 0.29) is 17.9 Å². The largest absolute Gasteiger partial charge is 0.491 e. The molecule has 3 heterocycles. The van der Waals surface area contributed by atoms with E-state index >= 15 is 0 Å². The van der Waals surface area contributed by atoms with Crippen LogP contribution in [0.4, 0.5) is 5.82 Å². The lowest BCUT2D eigenvalue weighted by Crippen LogP contribution is -2.22. The van der Waals surface area contributed by atoms with Crippen molar-refractivity contribution in [3.05, 3.63) is 42.4 Å². The van der Waals surface area contributed by atoms with Gasteiger partial charge >= 0.3 is 0 Å². The molecule has 2 aliphatic rings. The number of hydrogen-bond donors (Lipinski definition) is 2. The molecule has 2 fully saturated rings. The van der Waals surface area contributed by atoms with Crippen LogP contribution in [0.1, 0.15) is 44.2 Å². The number of rotatable bonds is 6. The van der Waals surface area contributed by atoms with Crippen molar-refractivity contribution in [3.8, 4) is 16.9 Å². The third-order valence-corrected chi connectivity index (χ3v) is 6.27. The summed E-state index contributed by atoms with van der Waals surface area (Å²) in [6, 6.07) is 7.99. The Balaban J connectivity index is 1.36. The second-order valence-corrected chi connectivity index (χ2v) is 8.89. The average Bonchev–Trinajstić information content (AvgIpc) is 3.54. The molecular weight excluding hydrogens is 392 g/mol. The normalized spacial score (nSPS) is 21.2. The molecule has 3 aromatic heterocycles. The van der Waals surface area contributed by atoms with Gasteiger partial charge in [-0.15, -0.1) is 0 Å². The fourth-order valence-corrected chi connectivity index (χ4v) is 4.20. The van der Waals surface area contributed by atoms with E-state index in [9.17, 15) is 9.90 Å². The molecule has 162 valence electrons. The Morgan fingerprint density at radius 2 is 2.00 bits per heavy atom. The molecule has 1 amide bonds. The van der Waals surface area contributed by atoms with E-state index < -0.39 is 0 Å². The summed E-state index contributed by atoms with van der Waals surface area (Å²) in [5, 5.41) is 17.1. The van der Waals surface area contributed by atoms with Gasteiger partial charge in [-0.1, -0.05) is 0 Å². The molecule has 0 spiro atoms. The van der Waals surface area contributed by atoms with Crippen LogP contribution < -0.4 is 10.1 Å². The van der Waals surface area contributed by atoms with E-state index in [0.29, 0.717) is 18.3 Å². The molecule has 2 N–H and O–H groups in total. The van der Waals surface area contributed by atoms with Crippen molar-refractivity contribution in [2.45, 2.75) is 51.6 Å². The van der Waals surface area contributed by atoms with Gasteiger partial charge in [-0.05, 0) is 75.1 Å². The predicted molar refractivity (Wildman–Crippen MR) is 118 cm³/mol. The molecule has 0 unspecified atom stereocenters. The van der Waals surface area contributed by atoms with E-state index in [0.717, 1.165) is 66.6 Å². The summed E-state index contributed by atoms with van der Waals surface area (Å²) in [5.74, 6) is 2.01. The maximum absolute atomic E-state index is 12.0. The molecule has 7 nitrogen and oxygen atoms in total. The molecule has 0 aliphatic heterocycles. The minimum absolute atomic E-state index is 0.0549. The highest BCUT2D eigenvalue weighted by Gasteiger charge is 2.30. The quantitative estimate of drug-likeness (QED) is 0.630. The molecule has 0 bridgehead atoms. The highest BCUT2D eigenvalue weighted by molar-refractivity contribution is 5.93. The number of aliphatic hydroxyl groups excluding tert-OH is 1. The van der Waals surface area contributed by atoms with Gasteiger partial charge in [0.15, 0.2) is 5.82 Å². The summed E-state index contributed by atoms with van der Waals surface area (Å²) in [5.41, 5.74) is 3.85. The van der Waals surface area contributed by atoms with Crippen molar-refractivity contribution in [2.24, 2.45) is 11.8 Å². The van der Waals surface area contributed by atoms with Crippen LogP contribution in [0.3, 0.4) is 0 Å². The van der Waals surface area contributed by atoms with Crippen LogP contribution in [0, 0.1) is 18.8 Å². The number of anilines is 1. The summed E-state index contributed by atoms with van der Waals surface area (Å²) >= 11 is 0. The molecule has 5 rings (SSSR count). The van der Waals surface area contributed by atoms with E-state index in [2.05, 4.69) is 21.5 Å². The maximum atomic E-state index is 12.0. The molecule has 0 saturated heterocycles. The van der Waals surface area contributed by atoms with Gasteiger partial charge in [0.1, 0.15) is 5.75 Å². The SMILES string of the molecule is Cc1cc(-c2ccn3nc(NC(=O)C4CC4)cc3c2)c(OC[C@H]2CC[C@@H](O)CC2)cn1. The van der Waals surface area contributed by atoms with Gasteiger partial charge in [0.05, 0.1) is 24.4 Å². The second kappa shape index (κ2) is 8.30. The molecule has 3 aromatic rings. The number of pyridine rings is 2. The van der Waals surface area contributed by atoms with Crippen molar-refractivity contribution < 1.29 is 14.6 Å². The topological polar surface area (TPSA) is 88.8 Å². The minimum Gasteiger partial charge on any atom is -0.491 e. The lowest BCUT2D eigenvalue weighted by Gasteiger charge is -2.25. The first-order valence-electron chi connectivity index (χ1n) is 11.1. The van der Waals surface area contributed by atoms with Gasteiger partial charge in [-0.25, -0.2) is 4.52 Å². The van der Waals surface area contributed by atoms with Crippen LogP contribution in [0.25, 0.3) is 16.6 Å². The summed E-state index contributed by atoms with van der Waals surface area (Å²) in [6.45, 7) is 2.61. The third-order valence-electron chi connectivity index (χ3n) is 6.27. The number of fused-ring (bicyclic) bond motifs is 1. The standard InChI is InChI=1S/C24H28N4O3/c1-15-10-21(22(13-25-15)31-14-16-2-6-20(29)7-3-16)18-8-9-28-19(11-18)12-23(27-28)26-24(30)17-4-5-17/h8-13,16-17,20,29H,2-7,14H2,1H3,(H,26,27,30)/t16-,20+. The summed E-state index contributed by atoms with van der Waals surface area (Å²) in [7, 11) is 0. The van der Waals surface area contributed by atoms with Gasteiger partial charge in [0.25, 0.3) is 0 Å². The van der Waals surface area contributed by atoms with Crippen molar-refractivity contribution >= 4 is 17.2 Å². The molecule has 0 atom stereocenters. The Labute approximate surface area is 181 Å². The zero-order valence-electron chi connectivity index (χ0n) is 17.8.